The van der Waals surface area contributed by atoms with Gasteiger partial charge >= 0.3 is 245 Å². The Balaban J connectivity index is 1.55. The van der Waals surface area contributed by atoms with E-state index in [1.54, 1.807) is 7.11 Å². The first kappa shape index (κ1) is 26.3. The van der Waals surface area contributed by atoms with Crippen LogP contribution in [0.1, 0.15) is 22.6 Å². The molecule has 3 heterocycles. The molecule has 40 heavy (non-hydrogen) atoms. The third kappa shape index (κ3) is 3.86. The topological polar surface area (TPSA) is 78.9 Å². The molecule has 0 aliphatic carbocycles. The zero-order valence-corrected chi connectivity index (χ0v) is 24.6. The first-order chi connectivity index (χ1) is 19.4. The molecule has 3 aromatic rings. The number of benzene rings is 3. The van der Waals surface area contributed by atoms with Gasteiger partial charge in [-0.1, -0.05) is 0 Å². The summed E-state index contributed by atoms with van der Waals surface area (Å²) in [4.78, 5) is 11.4. The number of nitriles is 2. The van der Waals surface area contributed by atoms with Crippen LogP contribution >= 0.6 is 0 Å². The number of methoxy groups -OCH3 is 1. The van der Waals surface area contributed by atoms with Crippen molar-refractivity contribution in [2.75, 3.05) is 43.3 Å². The van der Waals surface area contributed by atoms with Crippen molar-refractivity contribution in [2.24, 2.45) is 15.8 Å². The van der Waals surface area contributed by atoms with E-state index in [9.17, 15) is 10.5 Å². The van der Waals surface area contributed by atoms with Crippen molar-refractivity contribution in [3.8, 4) is 17.9 Å². The van der Waals surface area contributed by atoms with Gasteiger partial charge in [-0.15, -0.1) is 0 Å². The molecule has 0 amide bonds. The van der Waals surface area contributed by atoms with Gasteiger partial charge in [-0.2, -0.15) is 0 Å². The van der Waals surface area contributed by atoms with Gasteiger partial charge in [0.1, 0.15) is 0 Å². The van der Waals surface area contributed by atoms with Crippen molar-refractivity contribution < 1.29 is 4.74 Å². The van der Waals surface area contributed by atoms with Crippen LogP contribution < -0.4 is 14.5 Å². The summed E-state index contributed by atoms with van der Waals surface area (Å²) in [5, 5.41) is 22.3. The van der Waals surface area contributed by atoms with Crippen molar-refractivity contribution in [3.63, 3.8) is 0 Å². The Morgan fingerprint density at radius 3 is 2.10 bits per heavy atom. The zero-order valence-electron chi connectivity index (χ0n) is 22.9. The average Bonchev–Trinajstić information content (AvgIpc) is 3.00. The van der Waals surface area contributed by atoms with Crippen LogP contribution in [0.5, 0.6) is 5.75 Å². The summed E-state index contributed by atoms with van der Waals surface area (Å²) < 4.78 is 5.82. The number of para-hydroxylation sites is 1. The predicted octanol–water partition coefficient (Wildman–Crippen LogP) is 4.58. The normalized spacial score (nSPS) is 27.2. The van der Waals surface area contributed by atoms with E-state index in [4.69, 9.17) is 9.73 Å². The summed E-state index contributed by atoms with van der Waals surface area (Å²) in [6, 6.07) is 30.1. The van der Waals surface area contributed by atoms with Gasteiger partial charge in [0.15, 0.2) is 0 Å². The van der Waals surface area contributed by atoms with Gasteiger partial charge in [0.2, 0.25) is 0 Å². The van der Waals surface area contributed by atoms with Gasteiger partial charge in [0.05, 0.1) is 0 Å². The number of hydrogen-bond acceptors (Lipinski definition) is 7. The molecule has 201 valence electrons. The van der Waals surface area contributed by atoms with Crippen molar-refractivity contribution in [1.82, 2.24) is 4.90 Å². The van der Waals surface area contributed by atoms with Gasteiger partial charge in [0, 0.05) is 0 Å². The molecule has 2 fully saturated rings. The van der Waals surface area contributed by atoms with Crippen LogP contribution in [0.4, 0.5) is 11.4 Å². The molecular weight excluding hydrogens is 563 g/mol. The second-order valence-electron chi connectivity index (χ2n) is 11.1. The molecule has 4 unspecified atom stereocenters. The number of fused-ring (bicyclic) bond motifs is 4. The van der Waals surface area contributed by atoms with E-state index in [1.807, 2.05) is 24.3 Å². The minimum atomic E-state index is -1.08. The van der Waals surface area contributed by atoms with Crippen LogP contribution in [0.15, 0.2) is 77.8 Å². The van der Waals surface area contributed by atoms with Crippen LogP contribution in [-0.4, -0.2) is 65.2 Å². The van der Waals surface area contributed by atoms with E-state index >= 15 is 0 Å². The number of nitrogens with zero attached hydrogens (tertiary/aromatic N) is 6. The fraction of sp³-hybridized carbons (Fsp3) is 0.344. The molecule has 7 nitrogen and oxygen atoms in total. The number of aryl methyl sites for hydroxylation is 2. The van der Waals surface area contributed by atoms with Crippen LogP contribution in [0.25, 0.3) is 0 Å². The van der Waals surface area contributed by atoms with Crippen LogP contribution in [0, 0.1) is 47.3 Å². The van der Waals surface area contributed by atoms with Crippen LogP contribution in [-0.2, 0) is 0 Å². The van der Waals surface area contributed by atoms with E-state index in [0.717, 1.165) is 22.8 Å². The summed E-state index contributed by atoms with van der Waals surface area (Å²) in [5.74, 6) is 0.981. The summed E-state index contributed by atoms with van der Waals surface area (Å²) >= 11 is 3.39. The third-order valence-electron chi connectivity index (χ3n) is 8.67. The SMILES string of the molecule is COc1ccccc1C1C2(C#N)CN(c3ccc(C)cc3)CC1(C#N)C([Se])N1CN(c3ccc(C)cc3)CN=C12. The van der Waals surface area contributed by atoms with Crippen LogP contribution in [0.3, 0.4) is 0 Å². The number of ether oxygens (including phenoxy) is 1. The molecule has 0 N–H and O–H groups in total. The minimum absolute atomic E-state index is 0.339. The summed E-state index contributed by atoms with van der Waals surface area (Å²) in [6.45, 7) is 6.00. The Bertz CT molecular complexity index is 1540. The molecule has 2 bridgehead atoms. The number of hydrogen-bond donors (Lipinski definition) is 0. The van der Waals surface area contributed by atoms with E-state index in [-0.39, 0.29) is 4.94 Å². The zero-order chi connectivity index (χ0) is 28.1. The molecule has 2 saturated heterocycles. The Kier molecular flexibility index (Phi) is 6.50. The third-order valence-corrected chi connectivity index (χ3v) is 10.1. The predicted molar refractivity (Wildman–Crippen MR) is 157 cm³/mol. The molecule has 3 aliphatic heterocycles. The molecule has 3 aromatic carbocycles. The molecule has 0 saturated carbocycles. The second-order valence-corrected chi connectivity index (χ2v) is 12.0. The molecule has 8 heteroatoms. The second kappa shape index (κ2) is 9.89. The summed E-state index contributed by atoms with van der Waals surface area (Å²) in [6.07, 6.45) is 0. The van der Waals surface area contributed by atoms with Crippen molar-refractivity contribution in [3.05, 3.63) is 89.5 Å². The number of piperidine rings is 2. The van der Waals surface area contributed by atoms with Gasteiger partial charge in [-0.25, -0.2) is 0 Å². The Hall–Kier alpha value is -3.97. The van der Waals surface area contributed by atoms with E-state index in [2.05, 4.69) is 105 Å². The number of rotatable bonds is 4. The summed E-state index contributed by atoms with van der Waals surface area (Å²) in [7, 11) is 1.65. The van der Waals surface area contributed by atoms with Crippen molar-refractivity contribution >= 4 is 33.2 Å². The molecule has 0 spiro atoms. The molecule has 1 radical (unpaired) electrons. The summed E-state index contributed by atoms with van der Waals surface area (Å²) in [5.41, 5.74) is 3.26. The average molecular weight is 595 g/mol. The van der Waals surface area contributed by atoms with E-state index in [1.165, 1.54) is 11.1 Å². The van der Waals surface area contributed by atoms with Gasteiger partial charge in [0.25, 0.3) is 0 Å². The van der Waals surface area contributed by atoms with E-state index < -0.39 is 16.7 Å². The van der Waals surface area contributed by atoms with Gasteiger partial charge < -0.3 is 0 Å². The Morgan fingerprint density at radius 1 is 0.875 bits per heavy atom. The number of anilines is 2. The Labute approximate surface area is 244 Å². The maximum atomic E-state index is 11.2. The van der Waals surface area contributed by atoms with Gasteiger partial charge in [-0.05, 0) is 0 Å². The molecular formula is C32H31N6OSe. The molecule has 3 aliphatic rings. The van der Waals surface area contributed by atoms with E-state index in [0.29, 0.717) is 32.2 Å². The fourth-order valence-electron chi connectivity index (χ4n) is 6.72. The molecule has 6 rings (SSSR count). The number of amidine groups is 1. The van der Waals surface area contributed by atoms with Crippen molar-refractivity contribution in [2.45, 2.75) is 24.7 Å². The van der Waals surface area contributed by atoms with Crippen LogP contribution in [0.2, 0.25) is 0 Å². The van der Waals surface area contributed by atoms with Crippen molar-refractivity contribution in [1.29, 1.82) is 10.5 Å². The Morgan fingerprint density at radius 2 is 1.50 bits per heavy atom. The standard InChI is InChI=1S/C32H31N6OSe/c1-22-8-12-24(13-9-22)36-18-31(16-33)28(26-6-4-5-7-27(26)39-3)32(17-34,19-36)30(40)38-21-37(20-35-29(31)38)25-14-10-23(2)11-15-25/h4-15,28,30H,18-21H2,1-3H3. The fourth-order valence-corrected chi connectivity index (χ4v) is 7.63. The monoisotopic (exact) mass is 595 g/mol. The maximum absolute atomic E-state index is 11.2. The first-order valence-corrected chi connectivity index (χ1v) is 14.4. The molecule has 0 aromatic heterocycles. The molecule has 4 atom stereocenters. The first-order valence-electron chi connectivity index (χ1n) is 13.4. The van der Waals surface area contributed by atoms with Gasteiger partial charge in [-0.3, -0.25) is 0 Å². The quantitative estimate of drug-likeness (QED) is 0.412. The number of aliphatic imine (C=N–C) groups is 1.